The molecule has 0 aromatic heterocycles. The first-order chi connectivity index (χ1) is 8.94. The van der Waals surface area contributed by atoms with E-state index in [2.05, 4.69) is 11.4 Å². The molecule has 0 atom stereocenters. The number of para-hydroxylation sites is 2. The molecule has 0 saturated carbocycles. The van der Waals surface area contributed by atoms with E-state index < -0.39 is 0 Å². The van der Waals surface area contributed by atoms with Gasteiger partial charge in [-0.1, -0.05) is 12.1 Å². The van der Waals surface area contributed by atoms with Gasteiger partial charge >= 0.3 is 0 Å². The Morgan fingerprint density at radius 3 is 2.74 bits per heavy atom. The number of benzene rings is 1. The number of rotatable bonds is 6. The van der Waals surface area contributed by atoms with Crippen molar-refractivity contribution in [2.75, 3.05) is 11.9 Å². The van der Waals surface area contributed by atoms with Crippen LogP contribution in [0.15, 0.2) is 24.3 Å². The predicted molar refractivity (Wildman–Crippen MR) is 74.9 cm³/mol. The van der Waals surface area contributed by atoms with E-state index in [0.717, 1.165) is 12.8 Å². The Morgan fingerprint density at radius 2 is 2.11 bits per heavy atom. The molecule has 0 aliphatic carbocycles. The number of amides is 1. The van der Waals surface area contributed by atoms with Crippen molar-refractivity contribution in [1.29, 1.82) is 5.26 Å². The van der Waals surface area contributed by atoms with Gasteiger partial charge in [0.25, 0.3) is 0 Å². The molecule has 1 aromatic rings. The van der Waals surface area contributed by atoms with Gasteiger partial charge in [-0.2, -0.15) is 5.26 Å². The lowest BCUT2D eigenvalue weighted by Gasteiger charge is -2.16. The normalized spacial score (nSPS) is 10.6. The summed E-state index contributed by atoms with van der Waals surface area (Å²) in [5.41, 5.74) is 0.357. The molecule has 0 unspecified atom stereocenters. The second kappa shape index (κ2) is 6.79. The molecule has 19 heavy (non-hydrogen) atoms. The average molecular weight is 260 g/mol. The van der Waals surface area contributed by atoms with Gasteiger partial charge in [0.15, 0.2) is 0 Å². The predicted octanol–water partition coefficient (Wildman–Crippen LogP) is 3.35. The van der Waals surface area contributed by atoms with E-state index in [-0.39, 0.29) is 11.3 Å². The SMILES string of the molecule is CC(=O)Nc1ccccc1OCCCC(C)(C)C#N. The lowest BCUT2D eigenvalue weighted by Crippen LogP contribution is -2.11. The van der Waals surface area contributed by atoms with Crippen molar-refractivity contribution in [2.45, 2.75) is 33.6 Å². The fourth-order valence-electron chi connectivity index (χ4n) is 1.64. The monoisotopic (exact) mass is 260 g/mol. The zero-order chi connectivity index (χ0) is 14.3. The number of nitriles is 1. The third-order valence-corrected chi connectivity index (χ3v) is 2.70. The highest BCUT2D eigenvalue weighted by molar-refractivity contribution is 5.90. The summed E-state index contributed by atoms with van der Waals surface area (Å²) in [6, 6.07) is 9.59. The first-order valence-electron chi connectivity index (χ1n) is 6.35. The van der Waals surface area contributed by atoms with Gasteiger partial charge in [-0.25, -0.2) is 0 Å². The first kappa shape index (κ1) is 15.0. The highest BCUT2D eigenvalue weighted by atomic mass is 16.5. The van der Waals surface area contributed by atoms with Gasteiger partial charge in [-0.05, 0) is 38.8 Å². The standard InChI is InChI=1S/C15H20N2O2/c1-12(18)17-13-7-4-5-8-14(13)19-10-6-9-15(2,3)11-16/h4-5,7-8H,6,9-10H2,1-3H3,(H,17,18). The summed E-state index contributed by atoms with van der Waals surface area (Å²) >= 11 is 0. The van der Waals surface area contributed by atoms with Crippen molar-refractivity contribution in [3.8, 4) is 11.8 Å². The highest BCUT2D eigenvalue weighted by Gasteiger charge is 2.15. The zero-order valence-corrected chi connectivity index (χ0v) is 11.7. The summed E-state index contributed by atoms with van der Waals surface area (Å²) in [6.07, 6.45) is 1.58. The molecule has 0 heterocycles. The minimum atomic E-state index is -0.319. The number of carbonyl (C=O) groups is 1. The molecular weight excluding hydrogens is 240 g/mol. The van der Waals surface area contributed by atoms with E-state index in [1.165, 1.54) is 6.92 Å². The second-order valence-corrected chi connectivity index (χ2v) is 5.13. The Balaban J connectivity index is 2.50. The third-order valence-electron chi connectivity index (χ3n) is 2.70. The molecule has 102 valence electrons. The van der Waals surface area contributed by atoms with E-state index in [1.807, 2.05) is 32.0 Å². The fourth-order valence-corrected chi connectivity index (χ4v) is 1.64. The summed E-state index contributed by atoms with van der Waals surface area (Å²) in [5, 5.41) is 11.6. The minimum Gasteiger partial charge on any atom is -0.491 e. The molecule has 1 rings (SSSR count). The summed E-state index contributed by atoms with van der Waals surface area (Å²) in [7, 11) is 0. The number of anilines is 1. The van der Waals surface area contributed by atoms with Crippen LogP contribution in [0.25, 0.3) is 0 Å². The number of nitrogens with zero attached hydrogens (tertiary/aromatic N) is 1. The second-order valence-electron chi connectivity index (χ2n) is 5.13. The van der Waals surface area contributed by atoms with Crippen molar-refractivity contribution >= 4 is 11.6 Å². The molecule has 4 nitrogen and oxygen atoms in total. The smallest absolute Gasteiger partial charge is 0.221 e. The molecule has 0 aliphatic rings. The average Bonchev–Trinajstić information content (AvgIpc) is 2.36. The molecule has 0 fully saturated rings. The van der Waals surface area contributed by atoms with Crippen LogP contribution in [-0.4, -0.2) is 12.5 Å². The third kappa shape index (κ3) is 5.43. The molecule has 1 N–H and O–H groups in total. The van der Waals surface area contributed by atoms with Crippen molar-refractivity contribution in [1.82, 2.24) is 0 Å². The molecule has 0 radical (unpaired) electrons. The van der Waals surface area contributed by atoms with Crippen LogP contribution < -0.4 is 10.1 Å². The van der Waals surface area contributed by atoms with Gasteiger partial charge in [-0.3, -0.25) is 4.79 Å². The number of hydrogen-bond acceptors (Lipinski definition) is 3. The van der Waals surface area contributed by atoms with Crippen molar-refractivity contribution in [3.05, 3.63) is 24.3 Å². The van der Waals surface area contributed by atoms with E-state index in [4.69, 9.17) is 10.00 Å². The molecule has 4 heteroatoms. The van der Waals surface area contributed by atoms with Gasteiger partial charge in [-0.15, -0.1) is 0 Å². The Kier molecular flexibility index (Phi) is 5.37. The van der Waals surface area contributed by atoms with Crippen LogP contribution in [-0.2, 0) is 4.79 Å². The van der Waals surface area contributed by atoms with Crippen LogP contribution >= 0.6 is 0 Å². The quantitative estimate of drug-likeness (QED) is 0.798. The van der Waals surface area contributed by atoms with Crippen LogP contribution in [0.1, 0.15) is 33.6 Å². The Morgan fingerprint density at radius 1 is 1.42 bits per heavy atom. The van der Waals surface area contributed by atoms with Gasteiger partial charge in [0, 0.05) is 6.92 Å². The zero-order valence-electron chi connectivity index (χ0n) is 11.7. The number of carbonyl (C=O) groups excluding carboxylic acids is 1. The van der Waals surface area contributed by atoms with Crippen LogP contribution in [0.3, 0.4) is 0 Å². The fraction of sp³-hybridized carbons (Fsp3) is 0.467. The lowest BCUT2D eigenvalue weighted by atomic mass is 9.90. The van der Waals surface area contributed by atoms with Crippen LogP contribution in [0.5, 0.6) is 5.75 Å². The first-order valence-corrected chi connectivity index (χ1v) is 6.35. The van der Waals surface area contributed by atoms with Gasteiger partial charge in [0.05, 0.1) is 23.8 Å². The van der Waals surface area contributed by atoms with Gasteiger partial charge in [0.1, 0.15) is 5.75 Å². The Hall–Kier alpha value is -2.02. The Labute approximate surface area is 114 Å². The topological polar surface area (TPSA) is 62.1 Å². The maximum Gasteiger partial charge on any atom is 0.221 e. The molecule has 0 spiro atoms. The van der Waals surface area contributed by atoms with Gasteiger partial charge in [0.2, 0.25) is 5.91 Å². The molecule has 0 bridgehead atoms. The van der Waals surface area contributed by atoms with E-state index >= 15 is 0 Å². The molecule has 0 aliphatic heterocycles. The molecular formula is C15H20N2O2. The summed E-state index contributed by atoms with van der Waals surface area (Å²) in [6.45, 7) is 5.82. The maximum absolute atomic E-state index is 11.1. The van der Waals surface area contributed by atoms with E-state index in [9.17, 15) is 4.79 Å². The highest BCUT2D eigenvalue weighted by Crippen LogP contribution is 2.25. The van der Waals surface area contributed by atoms with Crippen molar-refractivity contribution in [3.63, 3.8) is 0 Å². The van der Waals surface area contributed by atoms with E-state index in [1.54, 1.807) is 6.07 Å². The van der Waals surface area contributed by atoms with Crippen LogP contribution in [0, 0.1) is 16.7 Å². The maximum atomic E-state index is 11.1. The van der Waals surface area contributed by atoms with E-state index in [0.29, 0.717) is 18.0 Å². The molecule has 0 saturated heterocycles. The summed E-state index contributed by atoms with van der Waals surface area (Å²) in [4.78, 5) is 11.1. The van der Waals surface area contributed by atoms with Gasteiger partial charge < -0.3 is 10.1 Å². The van der Waals surface area contributed by atoms with Crippen molar-refractivity contribution in [2.24, 2.45) is 5.41 Å². The number of hydrogen-bond donors (Lipinski definition) is 1. The van der Waals surface area contributed by atoms with Crippen molar-refractivity contribution < 1.29 is 9.53 Å². The number of nitrogens with one attached hydrogen (secondary N) is 1. The van der Waals surface area contributed by atoms with Crippen LogP contribution in [0.4, 0.5) is 5.69 Å². The lowest BCUT2D eigenvalue weighted by molar-refractivity contribution is -0.114. The molecule has 1 aromatic carbocycles. The summed E-state index contributed by atoms with van der Waals surface area (Å²) in [5.74, 6) is 0.536. The van der Waals surface area contributed by atoms with Crippen LogP contribution in [0.2, 0.25) is 0 Å². The minimum absolute atomic E-state index is 0.123. The Bertz CT molecular complexity index is 475. The summed E-state index contributed by atoms with van der Waals surface area (Å²) < 4.78 is 5.65. The number of ether oxygens (including phenoxy) is 1. The largest absolute Gasteiger partial charge is 0.491 e. The molecule has 1 amide bonds.